The molecule has 0 saturated carbocycles. The second kappa shape index (κ2) is 9.12. The molecule has 3 rings (SSSR count). The number of halogens is 1. The van der Waals surface area contributed by atoms with Crippen LogP contribution in [0.1, 0.15) is 5.56 Å². The zero-order valence-corrected chi connectivity index (χ0v) is 15.9. The van der Waals surface area contributed by atoms with Gasteiger partial charge in [0.2, 0.25) is 5.75 Å². The van der Waals surface area contributed by atoms with Gasteiger partial charge >= 0.3 is 0 Å². The molecule has 0 spiro atoms. The van der Waals surface area contributed by atoms with E-state index in [-0.39, 0.29) is 6.10 Å². The third-order valence-corrected chi connectivity index (χ3v) is 4.59. The van der Waals surface area contributed by atoms with Crippen LogP contribution in [0.25, 0.3) is 0 Å². The average Bonchev–Trinajstić information content (AvgIpc) is 2.68. The second-order valence-electron chi connectivity index (χ2n) is 6.16. The summed E-state index contributed by atoms with van der Waals surface area (Å²) in [6, 6.07) is 13.5. The number of para-hydroxylation sites is 1. The van der Waals surface area contributed by atoms with Crippen molar-refractivity contribution in [3.05, 3.63) is 53.1 Å². The zero-order valence-electron chi connectivity index (χ0n) is 15.1. The monoisotopic (exact) mass is 377 g/mol. The molecule has 6 heteroatoms. The van der Waals surface area contributed by atoms with E-state index in [2.05, 4.69) is 17.0 Å². The van der Waals surface area contributed by atoms with Gasteiger partial charge in [-0.1, -0.05) is 29.8 Å². The lowest BCUT2D eigenvalue weighted by molar-refractivity contribution is -0.0509. The largest absolute Gasteiger partial charge is 0.493 e. The van der Waals surface area contributed by atoms with Crippen LogP contribution in [0, 0.1) is 0 Å². The first-order valence-electron chi connectivity index (χ1n) is 8.62. The number of ether oxygens (including phenoxy) is 4. The minimum Gasteiger partial charge on any atom is -0.493 e. The predicted octanol–water partition coefficient (Wildman–Crippen LogP) is 3.64. The first kappa shape index (κ1) is 18.8. The Morgan fingerprint density at radius 2 is 1.77 bits per heavy atom. The van der Waals surface area contributed by atoms with Gasteiger partial charge in [-0.05, 0) is 29.8 Å². The van der Waals surface area contributed by atoms with Crippen molar-refractivity contribution < 1.29 is 18.9 Å². The van der Waals surface area contributed by atoms with Crippen LogP contribution >= 0.6 is 11.6 Å². The third-order valence-electron chi connectivity index (χ3n) is 4.34. The molecule has 1 aliphatic heterocycles. The minimum atomic E-state index is -0.00864. The van der Waals surface area contributed by atoms with Crippen LogP contribution in [0.15, 0.2) is 42.5 Å². The van der Waals surface area contributed by atoms with E-state index < -0.39 is 0 Å². The van der Waals surface area contributed by atoms with Crippen LogP contribution in [-0.2, 0) is 11.3 Å². The van der Waals surface area contributed by atoms with Crippen LogP contribution in [0.3, 0.4) is 0 Å². The van der Waals surface area contributed by atoms with Gasteiger partial charge in [0, 0.05) is 24.7 Å². The number of methoxy groups -OCH3 is 2. The molecule has 5 nitrogen and oxygen atoms in total. The molecule has 0 bridgehead atoms. The SMILES string of the molecule is COc1cccc(OC)c1OCC1CN(Cc2ccc(Cl)cc2)CCO1. The number of hydrogen-bond donors (Lipinski definition) is 0. The van der Waals surface area contributed by atoms with Crippen LogP contribution in [0.2, 0.25) is 5.02 Å². The van der Waals surface area contributed by atoms with E-state index in [1.807, 2.05) is 30.3 Å². The molecule has 0 aromatic heterocycles. The van der Waals surface area contributed by atoms with Gasteiger partial charge in [0.1, 0.15) is 12.7 Å². The van der Waals surface area contributed by atoms with Crippen molar-refractivity contribution in [3.63, 3.8) is 0 Å². The third kappa shape index (κ3) is 4.81. The first-order chi connectivity index (χ1) is 12.7. The smallest absolute Gasteiger partial charge is 0.203 e. The maximum atomic E-state index is 5.98. The molecule has 0 radical (unpaired) electrons. The summed E-state index contributed by atoms with van der Waals surface area (Å²) in [5, 5.41) is 0.757. The highest BCUT2D eigenvalue weighted by Crippen LogP contribution is 2.36. The van der Waals surface area contributed by atoms with Crippen molar-refractivity contribution >= 4 is 11.6 Å². The first-order valence-corrected chi connectivity index (χ1v) is 8.99. The quantitative estimate of drug-likeness (QED) is 0.736. The Labute approximate surface area is 159 Å². The molecule has 1 unspecified atom stereocenters. The summed E-state index contributed by atoms with van der Waals surface area (Å²) in [6.45, 7) is 3.70. The molecule has 0 aliphatic carbocycles. The molecule has 140 valence electrons. The summed E-state index contributed by atoms with van der Waals surface area (Å²) in [5.41, 5.74) is 1.24. The normalized spacial score (nSPS) is 17.7. The molecule has 2 aromatic rings. The lowest BCUT2D eigenvalue weighted by Crippen LogP contribution is -2.44. The maximum absolute atomic E-state index is 5.98. The van der Waals surface area contributed by atoms with Crippen molar-refractivity contribution in [3.8, 4) is 17.2 Å². The van der Waals surface area contributed by atoms with Gasteiger partial charge in [0.25, 0.3) is 0 Å². The molecule has 1 fully saturated rings. The molecular formula is C20H24ClNO4. The van der Waals surface area contributed by atoms with E-state index in [4.69, 9.17) is 30.5 Å². The topological polar surface area (TPSA) is 40.2 Å². The summed E-state index contributed by atoms with van der Waals surface area (Å²) >= 11 is 5.96. The molecule has 2 aromatic carbocycles. The average molecular weight is 378 g/mol. The number of hydrogen-bond acceptors (Lipinski definition) is 5. The van der Waals surface area contributed by atoms with Crippen LogP contribution in [0.5, 0.6) is 17.2 Å². The summed E-state index contributed by atoms with van der Waals surface area (Å²) in [7, 11) is 3.24. The van der Waals surface area contributed by atoms with E-state index >= 15 is 0 Å². The molecule has 1 aliphatic rings. The fourth-order valence-electron chi connectivity index (χ4n) is 3.01. The zero-order chi connectivity index (χ0) is 18.4. The van der Waals surface area contributed by atoms with E-state index in [1.165, 1.54) is 5.56 Å². The van der Waals surface area contributed by atoms with Gasteiger partial charge in [-0.2, -0.15) is 0 Å². The van der Waals surface area contributed by atoms with Gasteiger partial charge in [0.05, 0.1) is 20.8 Å². The van der Waals surface area contributed by atoms with Gasteiger partial charge in [0.15, 0.2) is 11.5 Å². The fourth-order valence-corrected chi connectivity index (χ4v) is 3.13. The number of benzene rings is 2. The van der Waals surface area contributed by atoms with Gasteiger partial charge in [-0.25, -0.2) is 0 Å². The van der Waals surface area contributed by atoms with Gasteiger partial charge < -0.3 is 18.9 Å². The van der Waals surface area contributed by atoms with E-state index in [0.29, 0.717) is 30.5 Å². The molecule has 26 heavy (non-hydrogen) atoms. The van der Waals surface area contributed by atoms with Gasteiger partial charge in [-0.15, -0.1) is 0 Å². The Hall–Kier alpha value is -1.95. The standard InChI is InChI=1S/C20H24ClNO4/c1-23-18-4-3-5-19(24-2)20(18)26-14-17-13-22(10-11-25-17)12-15-6-8-16(21)9-7-15/h3-9,17H,10-14H2,1-2H3. The van der Waals surface area contributed by atoms with Crippen LogP contribution in [0.4, 0.5) is 0 Å². The molecule has 1 atom stereocenters. The molecule has 0 amide bonds. The Kier molecular flexibility index (Phi) is 6.61. The maximum Gasteiger partial charge on any atom is 0.203 e. The van der Waals surface area contributed by atoms with Gasteiger partial charge in [-0.3, -0.25) is 4.90 Å². The summed E-state index contributed by atoms with van der Waals surface area (Å²) in [5.74, 6) is 1.91. The summed E-state index contributed by atoms with van der Waals surface area (Å²) < 4.78 is 22.6. The summed E-state index contributed by atoms with van der Waals surface area (Å²) in [4.78, 5) is 2.36. The lowest BCUT2D eigenvalue weighted by Gasteiger charge is -2.33. The van der Waals surface area contributed by atoms with Crippen molar-refractivity contribution in [2.24, 2.45) is 0 Å². The van der Waals surface area contributed by atoms with E-state index in [0.717, 1.165) is 24.7 Å². The Bertz CT molecular complexity index is 685. The molecular weight excluding hydrogens is 354 g/mol. The highest BCUT2D eigenvalue weighted by Gasteiger charge is 2.22. The lowest BCUT2D eigenvalue weighted by atomic mass is 10.2. The second-order valence-corrected chi connectivity index (χ2v) is 6.59. The molecule has 1 saturated heterocycles. The highest BCUT2D eigenvalue weighted by molar-refractivity contribution is 6.30. The van der Waals surface area contributed by atoms with Crippen molar-refractivity contribution in [1.82, 2.24) is 4.90 Å². The molecule has 0 N–H and O–H groups in total. The Morgan fingerprint density at radius 3 is 2.42 bits per heavy atom. The van der Waals surface area contributed by atoms with Crippen molar-refractivity contribution in [1.29, 1.82) is 0 Å². The number of nitrogens with zero attached hydrogens (tertiary/aromatic N) is 1. The van der Waals surface area contributed by atoms with Crippen molar-refractivity contribution in [2.45, 2.75) is 12.6 Å². The van der Waals surface area contributed by atoms with Crippen molar-refractivity contribution in [2.75, 3.05) is 40.5 Å². The number of morpholine rings is 1. The predicted molar refractivity (Wildman–Crippen MR) is 102 cm³/mol. The van der Waals surface area contributed by atoms with Crippen LogP contribution < -0.4 is 14.2 Å². The number of rotatable bonds is 7. The minimum absolute atomic E-state index is 0.00864. The van der Waals surface area contributed by atoms with Crippen LogP contribution in [-0.4, -0.2) is 51.5 Å². The van der Waals surface area contributed by atoms with E-state index in [1.54, 1.807) is 14.2 Å². The van der Waals surface area contributed by atoms with E-state index in [9.17, 15) is 0 Å². The fraction of sp³-hybridized carbons (Fsp3) is 0.400. The Balaban J connectivity index is 1.58. The molecule has 1 heterocycles. The Morgan fingerprint density at radius 1 is 1.08 bits per heavy atom. The summed E-state index contributed by atoms with van der Waals surface area (Å²) in [6.07, 6.45) is -0.00864. The highest BCUT2D eigenvalue weighted by atomic mass is 35.5.